The molecule has 0 spiro atoms. The van der Waals surface area contributed by atoms with Gasteiger partial charge in [0.2, 0.25) is 0 Å². The van der Waals surface area contributed by atoms with Crippen LogP contribution in [0.25, 0.3) is 0 Å². The predicted octanol–water partition coefficient (Wildman–Crippen LogP) is 3.29. The van der Waals surface area contributed by atoms with E-state index in [1.807, 2.05) is 12.1 Å². The molecule has 3 aromatic rings. The summed E-state index contributed by atoms with van der Waals surface area (Å²) in [5.41, 5.74) is 6.86. The van der Waals surface area contributed by atoms with Gasteiger partial charge in [-0.3, -0.25) is 4.79 Å². The molecule has 0 fully saturated rings. The highest BCUT2D eigenvalue weighted by atomic mass is 28.1. The zero-order valence-corrected chi connectivity index (χ0v) is 19.3. The first-order valence-electron chi connectivity index (χ1n) is 9.47. The monoisotopic (exact) mass is 388 g/mol. The molecule has 0 radical (unpaired) electrons. The maximum Gasteiger partial charge on any atom is 0.150 e. The number of aldehydes is 1. The van der Waals surface area contributed by atoms with Crippen LogP contribution in [0.15, 0.2) is 72.8 Å². The van der Waals surface area contributed by atoms with Gasteiger partial charge in [-0.15, -0.1) is 0 Å². The molecule has 0 aliphatic rings. The van der Waals surface area contributed by atoms with Crippen molar-refractivity contribution in [3.63, 3.8) is 0 Å². The molecule has 0 saturated heterocycles. The quantitative estimate of drug-likeness (QED) is 0.368. The van der Waals surface area contributed by atoms with Gasteiger partial charge >= 0.3 is 0 Å². The van der Waals surface area contributed by atoms with Crippen molar-refractivity contribution in [3.05, 3.63) is 95.1 Å². The van der Waals surface area contributed by atoms with Gasteiger partial charge in [-0.1, -0.05) is 48.5 Å². The Hall–Kier alpha value is -2.85. The fourth-order valence-electron chi connectivity index (χ4n) is 3.58. The van der Waals surface area contributed by atoms with E-state index >= 15 is 0 Å². The standard InChI is InChI=1S/C24H28N2OSi/c1-25(2)22-13-9-20(10-14-22)24(28,19-7-5-18(17-27)6-8-19)21-11-15-23(16-12-21)26(3)4/h5-17H,1-4,28H3. The molecule has 3 nitrogen and oxygen atoms in total. The third kappa shape index (κ3) is 3.73. The predicted molar refractivity (Wildman–Crippen MR) is 123 cm³/mol. The van der Waals surface area contributed by atoms with Crippen LogP contribution >= 0.6 is 0 Å². The van der Waals surface area contributed by atoms with Gasteiger partial charge in [-0.2, -0.15) is 0 Å². The van der Waals surface area contributed by atoms with Gasteiger partial charge in [0.05, 0.1) is 0 Å². The molecule has 3 aromatic carbocycles. The first-order chi connectivity index (χ1) is 13.4. The van der Waals surface area contributed by atoms with Crippen molar-refractivity contribution in [2.45, 2.75) is 5.04 Å². The molecule has 144 valence electrons. The Balaban J connectivity index is 2.15. The summed E-state index contributed by atoms with van der Waals surface area (Å²) in [7, 11) is 9.13. The zero-order chi connectivity index (χ0) is 20.3. The van der Waals surface area contributed by atoms with E-state index in [-0.39, 0.29) is 5.04 Å². The summed E-state index contributed by atoms with van der Waals surface area (Å²) >= 11 is 0. The van der Waals surface area contributed by atoms with E-state index in [9.17, 15) is 4.79 Å². The molecule has 0 unspecified atom stereocenters. The lowest BCUT2D eigenvalue weighted by Crippen LogP contribution is -2.30. The summed E-state index contributed by atoms with van der Waals surface area (Å²) < 4.78 is 0. The van der Waals surface area contributed by atoms with Crippen LogP contribution in [-0.4, -0.2) is 44.7 Å². The van der Waals surface area contributed by atoms with E-state index in [1.54, 1.807) is 0 Å². The van der Waals surface area contributed by atoms with Crippen LogP contribution in [-0.2, 0) is 5.04 Å². The minimum atomic E-state index is -0.183. The van der Waals surface area contributed by atoms with Crippen LogP contribution < -0.4 is 9.80 Å². The van der Waals surface area contributed by atoms with E-state index in [2.05, 4.69) is 98.7 Å². The van der Waals surface area contributed by atoms with Crippen molar-refractivity contribution >= 4 is 27.9 Å². The number of carbonyl (C=O) groups is 1. The molecule has 0 heterocycles. The van der Waals surface area contributed by atoms with Crippen LogP contribution in [0.4, 0.5) is 11.4 Å². The summed E-state index contributed by atoms with van der Waals surface area (Å²) in [4.78, 5) is 15.3. The third-order valence-corrected chi connectivity index (χ3v) is 7.28. The number of carbonyl (C=O) groups excluding carboxylic acids is 1. The highest BCUT2D eigenvalue weighted by Crippen LogP contribution is 2.37. The Kier molecular flexibility index (Phi) is 5.70. The van der Waals surface area contributed by atoms with Gasteiger partial charge < -0.3 is 9.80 Å². The fourth-order valence-corrected chi connectivity index (χ4v) is 4.58. The van der Waals surface area contributed by atoms with E-state index in [4.69, 9.17) is 0 Å². The first-order valence-corrected chi connectivity index (χ1v) is 10.5. The summed E-state index contributed by atoms with van der Waals surface area (Å²) in [6.45, 7) is 0. The van der Waals surface area contributed by atoms with E-state index in [0.717, 1.165) is 16.5 Å². The Labute approximate surface area is 171 Å². The van der Waals surface area contributed by atoms with E-state index < -0.39 is 0 Å². The van der Waals surface area contributed by atoms with Gasteiger partial charge in [0, 0.05) is 60.4 Å². The third-order valence-electron chi connectivity index (χ3n) is 5.55. The van der Waals surface area contributed by atoms with E-state index in [1.165, 1.54) is 28.1 Å². The first kappa shape index (κ1) is 19.9. The van der Waals surface area contributed by atoms with Crippen molar-refractivity contribution in [2.24, 2.45) is 0 Å². The maximum atomic E-state index is 11.1. The fraction of sp³-hybridized carbons (Fsp3) is 0.208. The maximum absolute atomic E-state index is 11.1. The molecule has 3 rings (SSSR count). The minimum absolute atomic E-state index is 0.183. The second-order valence-corrected chi connectivity index (χ2v) is 9.25. The van der Waals surface area contributed by atoms with Crippen molar-refractivity contribution in [3.8, 4) is 0 Å². The lowest BCUT2D eigenvalue weighted by Gasteiger charge is -2.33. The number of benzene rings is 3. The molecular formula is C24H28N2OSi. The van der Waals surface area contributed by atoms with Crippen LogP contribution in [0, 0.1) is 0 Å². The molecule has 0 N–H and O–H groups in total. The molecule has 0 aliphatic carbocycles. The van der Waals surface area contributed by atoms with E-state index in [0.29, 0.717) is 5.56 Å². The average molecular weight is 389 g/mol. The molecule has 4 heteroatoms. The Bertz CT molecular complexity index is 878. The lowest BCUT2D eigenvalue weighted by atomic mass is 9.83. The minimum Gasteiger partial charge on any atom is -0.378 e. The normalized spacial score (nSPS) is 11.3. The van der Waals surface area contributed by atoms with Crippen LogP contribution in [0.3, 0.4) is 0 Å². The summed E-state index contributed by atoms with van der Waals surface area (Å²) in [5, 5.41) is -0.183. The second-order valence-electron chi connectivity index (χ2n) is 7.75. The van der Waals surface area contributed by atoms with Crippen molar-refractivity contribution in [1.29, 1.82) is 0 Å². The van der Waals surface area contributed by atoms with Crippen LogP contribution in [0.2, 0.25) is 0 Å². The molecule has 0 aliphatic heterocycles. The van der Waals surface area contributed by atoms with Crippen LogP contribution in [0.5, 0.6) is 0 Å². The highest BCUT2D eigenvalue weighted by Gasteiger charge is 2.31. The van der Waals surface area contributed by atoms with Gasteiger partial charge in [0.25, 0.3) is 0 Å². The molecular weight excluding hydrogens is 360 g/mol. The average Bonchev–Trinajstić information content (AvgIpc) is 2.73. The smallest absolute Gasteiger partial charge is 0.150 e. The molecule has 0 aromatic heterocycles. The Morgan fingerprint density at radius 2 is 0.964 bits per heavy atom. The number of anilines is 2. The number of rotatable bonds is 6. The van der Waals surface area contributed by atoms with Crippen molar-refractivity contribution in [1.82, 2.24) is 0 Å². The largest absolute Gasteiger partial charge is 0.378 e. The van der Waals surface area contributed by atoms with Gasteiger partial charge in [-0.25, -0.2) is 0 Å². The van der Waals surface area contributed by atoms with Crippen LogP contribution in [0.1, 0.15) is 27.0 Å². The molecule has 0 amide bonds. The number of nitrogens with zero attached hydrogens (tertiary/aromatic N) is 2. The lowest BCUT2D eigenvalue weighted by molar-refractivity contribution is 0.112. The summed E-state index contributed by atoms with van der Waals surface area (Å²) in [6, 6.07) is 25.6. The second kappa shape index (κ2) is 8.03. The Morgan fingerprint density at radius 1 is 0.643 bits per heavy atom. The molecule has 0 bridgehead atoms. The molecule has 0 atom stereocenters. The summed E-state index contributed by atoms with van der Waals surface area (Å²) in [5.74, 6) is 0. The van der Waals surface area contributed by atoms with Gasteiger partial charge in [0.1, 0.15) is 6.29 Å². The number of hydrogen-bond donors (Lipinski definition) is 0. The zero-order valence-electron chi connectivity index (χ0n) is 17.3. The molecule has 0 saturated carbocycles. The van der Waals surface area contributed by atoms with Crippen molar-refractivity contribution in [2.75, 3.05) is 38.0 Å². The Morgan fingerprint density at radius 3 is 1.25 bits per heavy atom. The summed E-state index contributed by atoms with van der Waals surface area (Å²) in [6.07, 6.45) is 0.899. The molecule has 28 heavy (non-hydrogen) atoms. The highest BCUT2D eigenvalue weighted by molar-refractivity contribution is 6.20. The number of hydrogen-bond acceptors (Lipinski definition) is 3. The van der Waals surface area contributed by atoms with Gasteiger partial charge in [0.15, 0.2) is 0 Å². The topological polar surface area (TPSA) is 23.6 Å². The SMILES string of the molecule is CN(C)c1ccc(C([SiH3])(c2ccc(C=O)cc2)c2ccc(N(C)C)cc2)cc1. The van der Waals surface area contributed by atoms with Crippen molar-refractivity contribution < 1.29 is 4.79 Å². The van der Waals surface area contributed by atoms with Gasteiger partial charge in [-0.05, 0) is 41.0 Å².